The first-order chi connectivity index (χ1) is 11.1. The Morgan fingerprint density at radius 1 is 1.17 bits per heavy atom. The number of likely N-dealkylation sites (tertiary alicyclic amines) is 1. The summed E-state index contributed by atoms with van der Waals surface area (Å²) in [6.45, 7) is 2.39. The molecule has 7 heteroatoms. The summed E-state index contributed by atoms with van der Waals surface area (Å²) in [5.41, 5.74) is 6.43. The molecule has 0 saturated carbocycles. The van der Waals surface area contributed by atoms with Crippen molar-refractivity contribution in [1.82, 2.24) is 15.5 Å². The molecule has 2 rings (SSSR count). The molecule has 1 heterocycles. The Labute approximate surface area is 135 Å². The van der Waals surface area contributed by atoms with Gasteiger partial charge >= 0.3 is 6.03 Å². The number of hydrogen-bond donors (Lipinski definition) is 3. The SMILES string of the molecule is NC(=O)NCc1ccc(C(=O)NCCCN2CCCC2=O)cc1. The summed E-state index contributed by atoms with van der Waals surface area (Å²) in [6.07, 6.45) is 2.32. The van der Waals surface area contributed by atoms with E-state index in [9.17, 15) is 14.4 Å². The number of amides is 4. The maximum Gasteiger partial charge on any atom is 0.312 e. The van der Waals surface area contributed by atoms with Crippen molar-refractivity contribution in [2.75, 3.05) is 19.6 Å². The van der Waals surface area contributed by atoms with Crippen LogP contribution in [0, 0.1) is 0 Å². The van der Waals surface area contributed by atoms with E-state index in [1.807, 2.05) is 4.90 Å². The summed E-state index contributed by atoms with van der Waals surface area (Å²) in [7, 11) is 0. The van der Waals surface area contributed by atoms with Gasteiger partial charge in [-0.3, -0.25) is 9.59 Å². The summed E-state index contributed by atoms with van der Waals surface area (Å²) < 4.78 is 0. The van der Waals surface area contributed by atoms with Gasteiger partial charge in [0, 0.05) is 38.2 Å². The number of urea groups is 1. The zero-order valence-corrected chi connectivity index (χ0v) is 13.0. The molecule has 1 aliphatic heterocycles. The van der Waals surface area contributed by atoms with Gasteiger partial charge in [-0.15, -0.1) is 0 Å². The third-order valence-electron chi connectivity index (χ3n) is 3.74. The van der Waals surface area contributed by atoms with Crippen LogP contribution in [0.2, 0.25) is 0 Å². The first-order valence-electron chi connectivity index (χ1n) is 7.74. The monoisotopic (exact) mass is 318 g/mol. The summed E-state index contributed by atoms with van der Waals surface area (Å²) in [4.78, 5) is 35.9. The van der Waals surface area contributed by atoms with Crippen LogP contribution in [-0.4, -0.2) is 42.4 Å². The van der Waals surface area contributed by atoms with E-state index in [-0.39, 0.29) is 11.8 Å². The molecule has 0 aromatic heterocycles. The molecule has 0 bridgehead atoms. The highest BCUT2D eigenvalue weighted by molar-refractivity contribution is 5.94. The lowest BCUT2D eigenvalue weighted by atomic mass is 10.1. The highest BCUT2D eigenvalue weighted by Gasteiger charge is 2.19. The van der Waals surface area contributed by atoms with E-state index in [0.29, 0.717) is 31.6 Å². The Balaban J connectivity index is 1.70. The third-order valence-corrected chi connectivity index (χ3v) is 3.74. The third kappa shape index (κ3) is 5.28. The van der Waals surface area contributed by atoms with E-state index in [1.165, 1.54) is 0 Å². The summed E-state index contributed by atoms with van der Waals surface area (Å²) in [5.74, 6) is 0.0589. The minimum atomic E-state index is -0.580. The lowest BCUT2D eigenvalue weighted by molar-refractivity contribution is -0.127. The highest BCUT2D eigenvalue weighted by atomic mass is 16.2. The Hall–Kier alpha value is -2.57. The minimum absolute atomic E-state index is 0.146. The zero-order chi connectivity index (χ0) is 16.7. The largest absolute Gasteiger partial charge is 0.352 e. The number of primary amides is 1. The van der Waals surface area contributed by atoms with Crippen LogP contribution >= 0.6 is 0 Å². The topological polar surface area (TPSA) is 105 Å². The van der Waals surface area contributed by atoms with Crippen LogP contribution in [0.3, 0.4) is 0 Å². The number of benzene rings is 1. The van der Waals surface area contributed by atoms with Gasteiger partial charge in [0.25, 0.3) is 5.91 Å². The van der Waals surface area contributed by atoms with Crippen LogP contribution in [0.4, 0.5) is 4.79 Å². The second-order valence-corrected chi connectivity index (χ2v) is 5.51. The molecular weight excluding hydrogens is 296 g/mol. The van der Waals surface area contributed by atoms with Crippen molar-refractivity contribution >= 4 is 17.8 Å². The summed E-state index contributed by atoms with van der Waals surface area (Å²) in [6, 6.07) is 6.37. The van der Waals surface area contributed by atoms with Gasteiger partial charge in [-0.05, 0) is 30.5 Å². The van der Waals surface area contributed by atoms with Crippen molar-refractivity contribution in [3.05, 3.63) is 35.4 Å². The van der Waals surface area contributed by atoms with Crippen LogP contribution in [0.5, 0.6) is 0 Å². The fourth-order valence-electron chi connectivity index (χ4n) is 2.48. The Bertz CT molecular complexity index is 571. The smallest absolute Gasteiger partial charge is 0.312 e. The fourth-order valence-corrected chi connectivity index (χ4v) is 2.48. The fraction of sp³-hybridized carbons (Fsp3) is 0.438. The molecule has 1 aromatic carbocycles. The number of nitrogens with zero attached hydrogens (tertiary/aromatic N) is 1. The molecule has 0 radical (unpaired) electrons. The number of carbonyl (C=O) groups is 3. The van der Waals surface area contributed by atoms with Gasteiger partial charge in [-0.25, -0.2) is 4.79 Å². The predicted molar refractivity (Wildman–Crippen MR) is 85.6 cm³/mol. The van der Waals surface area contributed by atoms with Gasteiger partial charge < -0.3 is 21.3 Å². The van der Waals surface area contributed by atoms with E-state index in [2.05, 4.69) is 10.6 Å². The lowest BCUT2D eigenvalue weighted by Gasteiger charge is -2.15. The Kier molecular flexibility index (Phi) is 5.96. The van der Waals surface area contributed by atoms with Gasteiger partial charge in [0.05, 0.1) is 0 Å². The van der Waals surface area contributed by atoms with Crippen molar-refractivity contribution in [3.63, 3.8) is 0 Å². The molecule has 23 heavy (non-hydrogen) atoms. The maximum atomic E-state index is 12.0. The van der Waals surface area contributed by atoms with Crippen molar-refractivity contribution in [3.8, 4) is 0 Å². The van der Waals surface area contributed by atoms with E-state index >= 15 is 0 Å². The lowest BCUT2D eigenvalue weighted by Crippen LogP contribution is -2.30. The van der Waals surface area contributed by atoms with Gasteiger partial charge in [-0.2, -0.15) is 0 Å². The normalized spacial score (nSPS) is 13.9. The molecule has 0 atom stereocenters. The van der Waals surface area contributed by atoms with Crippen molar-refractivity contribution in [2.24, 2.45) is 5.73 Å². The van der Waals surface area contributed by atoms with Crippen LogP contribution in [0.25, 0.3) is 0 Å². The number of carbonyl (C=O) groups excluding carboxylic acids is 3. The molecule has 1 saturated heterocycles. The van der Waals surface area contributed by atoms with E-state index < -0.39 is 6.03 Å². The standard InChI is InChI=1S/C16H22N4O3/c17-16(23)19-11-12-4-6-13(7-5-12)15(22)18-8-2-10-20-9-1-3-14(20)21/h4-7H,1-3,8-11H2,(H,18,22)(H3,17,19,23). The molecule has 0 aliphatic carbocycles. The molecule has 1 aliphatic rings. The quantitative estimate of drug-likeness (QED) is 0.641. The average Bonchev–Trinajstić information content (AvgIpc) is 2.95. The number of rotatable bonds is 7. The number of nitrogens with one attached hydrogen (secondary N) is 2. The first kappa shape index (κ1) is 16.8. The average molecular weight is 318 g/mol. The summed E-state index contributed by atoms with van der Waals surface area (Å²) >= 11 is 0. The van der Waals surface area contributed by atoms with E-state index in [4.69, 9.17) is 5.73 Å². The predicted octanol–water partition coefficient (Wildman–Crippen LogP) is 0.597. The van der Waals surface area contributed by atoms with Gasteiger partial charge in [0.1, 0.15) is 0 Å². The maximum absolute atomic E-state index is 12.0. The molecular formula is C16H22N4O3. The van der Waals surface area contributed by atoms with Crippen LogP contribution in [0.1, 0.15) is 35.2 Å². The number of nitrogens with two attached hydrogens (primary N) is 1. The van der Waals surface area contributed by atoms with Crippen LogP contribution in [0.15, 0.2) is 24.3 Å². The van der Waals surface area contributed by atoms with Crippen molar-refractivity contribution < 1.29 is 14.4 Å². The second kappa shape index (κ2) is 8.17. The Morgan fingerprint density at radius 3 is 2.52 bits per heavy atom. The Morgan fingerprint density at radius 2 is 1.91 bits per heavy atom. The van der Waals surface area contributed by atoms with Crippen molar-refractivity contribution in [1.29, 1.82) is 0 Å². The molecule has 124 valence electrons. The van der Waals surface area contributed by atoms with Gasteiger partial charge in [0.15, 0.2) is 0 Å². The highest BCUT2D eigenvalue weighted by Crippen LogP contribution is 2.09. The van der Waals surface area contributed by atoms with E-state index in [1.54, 1.807) is 24.3 Å². The molecule has 4 amide bonds. The van der Waals surface area contributed by atoms with Crippen LogP contribution < -0.4 is 16.4 Å². The summed E-state index contributed by atoms with van der Waals surface area (Å²) in [5, 5.41) is 5.33. The van der Waals surface area contributed by atoms with Gasteiger partial charge in [-0.1, -0.05) is 12.1 Å². The van der Waals surface area contributed by atoms with Crippen LogP contribution in [-0.2, 0) is 11.3 Å². The molecule has 7 nitrogen and oxygen atoms in total. The number of hydrogen-bond acceptors (Lipinski definition) is 3. The molecule has 0 unspecified atom stereocenters. The molecule has 1 fully saturated rings. The zero-order valence-electron chi connectivity index (χ0n) is 13.0. The van der Waals surface area contributed by atoms with Gasteiger partial charge in [0.2, 0.25) is 5.91 Å². The van der Waals surface area contributed by atoms with E-state index in [0.717, 1.165) is 24.9 Å². The first-order valence-corrected chi connectivity index (χ1v) is 7.74. The molecule has 1 aromatic rings. The molecule has 4 N–H and O–H groups in total. The second-order valence-electron chi connectivity index (χ2n) is 5.51. The molecule has 0 spiro atoms. The van der Waals surface area contributed by atoms with Crippen molar-refractivity contribution in [2.45, 2.75) is 25.8 Å². The minimum Gasteiger partial charge on any atom is -0.352 e.